The molecule has 14 heavy (non-hydrogen) atoms. The van der Waals surface area contributed by atoms with E-state index < -0.39 is 0 Å². The summed E-state index contributed by atoms with van der Waals surface area (Å²) in [6, 6.07) is 0.281. The van der Waals surface area contributed by atoms with Gasteiger partial charge in [0.1, 0.15) is 0 Å². The molecule has 0 saturated carbocycles. The smallest absolute Gasteiger partial charge is 0.0831 e. The maximum Gasteiger partial charge on any atom is 0.0831 e. The number of β-amino-alcohol motifs (C(OH)–C–C–N with tert-alkyl or cyclic N) is 1. The summed E-state index contributed by atoms with van der Waals surface area (Å²) < 4.78 is 5.67. The predicted molar refractivity (Wildman–Crippen MR) is 54.2 cm³/mol. The van der Waals surface area contributed by atoms with Gasteiger partial charge in [0, 0.05) is 32.2 Å². The zero-order valence-corrected chi connectivity index (χ0v) is 8.94. The summed E-state index contributed by atoms with van der Waals surface area (Å²) in [7, 11) is 0. The fourth-order valence-electron chi connectivity index (χ4n) is 2.51. The van der Waals surface area contributed by atoms with Crippen LogP contribution in [0.1, 0.15) is 13.8 Å². The lowest BCUT2D eigenvalue weighted by Gasteiger charge is -2.39. The molecule has 2 unspecified atom stereocenters. The first-order valence-corrected chi connectivity index (χ1v) is 5.45. The zero-order valence-electron chi connectivity index (χ0n) is 8.94. The molecule has 0 radical (unpaired) electrons. The second-order valence-electron chi connectivity index (χ2n) is 4.50. The molecule has 0 aromatic rings. The van der Waals surface area contributed by atoms with Gasteiger partial charge in [-0.15, -0.1) is 0 Å². The van der Waals surface area contributed by atoms with Crippen molar-refractivity contribution in [2.24, 2.45) is 0 Å². The number of aliphatic hydroxyl groups is 1. The van der Waals surface area contributed by atoms with Gasteiger partial charge in [0.15, 0.2) is 0 Å². The first-order valence-electron chi connectivity index (χ1n) is 5.45. The fraction of sp³-hybridized carbons (Fsp3) is 1.00. The van der Waals surface area contributed by atoms with Gasteiger partial charge < -0.3 is 15.2 Å². The normalized spacial score (nSPS) is 45.6. The van der Waals surface area contributed by atoms with E-state index in [0.717, 1.165) is 26.2 Å². The molecule has 2 N–H and O–H groups in total. The molecular formula is C10H20N2O2. The zero-order chi connectivity index (χ0) is 10.1. The minimum absolute atomic E-state index is 0.215. The largest absolute Gasteiger partial charge is 0.390 e. The Hall–Kier alpha value is -0.160. The maximum atomic E-state index is 9.77. The van der Waals surface area contributed by atoms with Crippen molar-refractivity contribution in [2.45, 2.75) is 38.2 Å². The van der Waals surface area contributed by atoms with Crippen LogP contribution in [0.15, 0.2) is 0 Å². The Labute approximate surface area is 85.2 Å². The fourth-order valence-corrected chi connectivity index (χ4v) is 2.51. The van der Waals surface area contributed by atoms with Crippen LogP contribution < -0.4 is 5.32 Å². The van der Waals surface area contributed by atoms with Crippen molar-refractivity contribution in [3.8, 4) is 0 Å². The maximum absolute atomic E-state index is 9.77. The second kappa shape index (κ2) is 4.14. The summed E-state index contributed by atoms with van der Waals surface area (Å²) >= 11 is 0. The minimum Gasteiger partial charge on any atom is -0.390 e. The highest BCUT2D eigenvalue weighted by atomic mass is 16.5. The predicted octanol–water partition coefficient (Wildman–Crippen LogP) is -0.572. The number of hydrogen-bond acceptors (Lipinski definition) is 4. The Morgan fingerprint density at radius 3 is 2.36 bits per heavy atom. The van der Waals surface area contributed by atoms with Gasteiger partial charge in [0.25, 0.3) is 0 Å². The Balaban J connectivity index is 1.95. The van der Waals surface area contributed by atoms with Crippen molar-refractivity contribution in [3.63, 3.8) is 0 Å². The first-order chi connectivity index (χ1) is 6.66. The molecule has 2 saturated heterocycles. The van der Waals surface area contributed by atoms with Crippen LogP contribution in [-0.4, -0.2) is 60.5 Å². The van der Waals surface area contributed by atoms with Gasteiger partial charge >= 0.3 is 0 Å². The van der Waals surface area contributed by atoms with Crippen molar-refractivity contribution in [1.29, 1.82) is 0 Å². The van der Waals surface area contributed by atoms with Crippen LogP contribution in [0, 0.1) is 0 Å². The lowest BCUT2D eigenvalue weighted by molar-refractivity contribution is -0.0886. The number of aliphatic hydroxyl groups excluding tert-OH is 1. The third kappa shape index (κ3) is 2.08. The van der Waals surface area contributed by atoms with Crippen LogP contribution >= 0.6 is 0 Å². The number of rotatable bonds is 1. The summed E-state index contributed by atoms with van der Waals surface area (Å²) in [6.45, 7) is 7.70. The average Bonchev–Trinajstić information content (AvgIpc) is 2.49. The van der Waals surface area contributed by atoms with E-state index in [1.165, 1.54) is 0 Å². The van der Waals surface area contributed by atoms with Crippen molar-refractivity contribution in [2.75, 3.05) is 26.2 Å². The lowest BCUT2D eigenvalue weighted by Crippen LogP contribution is -2.53. The summed E-state index contributed by atoms with van der Waals surface area (Å²) in [4.78, 5) is 2.35. The van der Waals surface area contributed by atoms with E-state index in [9.17, 15) is 5.11 Å². The topological polar surface area (TPSA) is 44.7 Å². The van der Waals surface area contributed by atoms with Gasteiger partial charge in [-0.2, -0.15) is 0 Å². The van der Waals surface area contributed by atoms with Crippen LogP contribution in [0.25, 0.3) is 0 Å². The molecule has 2 aliphatic rings. The Kier molecular flexibility index (Phi) is 3.07. The van der Waals surface area contributed by atoms with Crippen LogP contribution in [0.5, 0.6) is 0 Å². The summed E-state index contributed by atoms with van der Waals surface area (Å²) in [6.07, 6.45) is 0.352. The molecule has 0 aromatic heterocycles. The molecule has 0 amide bonds. The molecule has 0 spiro atoms. The molecule has 0 aliphatic carbocycles. The molecule has 0 aromatic carbocycles. The van der Waals surface area contributed by atoms with Crippen molar-refractivity contribution >= 4 is 0 Å². The van der Waals surface area contributed by atoms with Gasteiger partial charge in [0.2, 0.25) is 0 Å². The molecule has 2 aliphatic heterocycles. The van der Waals surface area contributed by atoms with Crippen molar-refractivity contribution in [3.05, 3.63) is 0 Å². The van der Waals surface area contributed by atoms with E-state index in [0.29, 0.717) is 0 Å². The second-order valence-corrected chi connectivity index (χ2v) is 4.50. The SMILES string of the molecule is CC1CN([C@@H]2CNC[C@H]2O)CC(C)O1. The summed E-state index contributed by atoms with van der Waals surface area (Å²) in [5.74, 6) is 0. The number of nitrogens with one attached hydrogen (secondary N) is 1. The highest BCUT2D eigenvalue weighted by molar-refractivity contribution is 4.91. The van der Waals surface area contributed by atoms with Crippen molar-refractivity contribution in [1.82, 2.24) is 10.2 Å². The van der Waals surface area contributed by atoms with Gasteiger partial charge in [-0.25, -0.2) is 0 Å². The van der Waals surface area contributed by atoms with Gasteiger partial charge in [-0.05, 0) is 13.8 Å². The monoisotopic (exact) mass is 200 g/mol. The highest BCUT2D eigenvalue weighted by Crippen LogP contribution is 2.17. The molecule has 2 heterocycles. The van der Waals surface area contributed by atoms with E-state index in [1.807, 2.05) is 0 Å². The van der Waals surface area contributed by atoms with Crippen LogP contribution in [-0.2, 0) is 4.74 Å². The molecule has 4 atom stereocenters. The van der Waals surface area contributed by atoms with Gasteiger partial charge in [0.05, 0.1) is 18.3 Å². The average molecular weight is 200 g/mol. The van der Waals surface area contributed by atoms with Gasteiger partial charge in [-0.1, -0.05) is 0 Å². The molecule has 82 valence electrons. The lowest BCUT2D eigenvalue weighted by atomic mass is 10.1. The Bertz CT molecular complexity index is 191. The van der Waals surface area contributed by atoms with E-state index in [1.54, 1.807) is 0 Å². The third-order valence-corrected chi connectivity index (χ3v) is 3.07. The van der Waals surface area contributed by atoms with Gasteiger partial charge in [-0.3, -0.25) is 4.90 Å². The number of morpholine rings is 1. The number of nitrogens with zero attached hydrogens (tertiary/aromatic N) is 1. The number of ether oxygens (including phenoxy) is 1. The van der Waals surface area contributed by atoms with Crippen LogP contribution in [0.3, 0.4) is 0 Å². The molecule has 4 nitrogen and oxygen atoms in total. The quantitative estimate of drug-likeness (QED) is 0.595. The van der Waals surface area contributed by atoms with Crippen LogP contribution in [0.2, 0.25) is 0 Å². The van der Waals surface area contributed by atoms with E-state index in [-0.39, 0.29) is 24.4 Å². The molecular weight excluding hydrogens is 180 g/mol. The number of hydrogen-bond donors (Lipinski definition) is 2. The standard InChI is InChI=1S/C10H20N2O2/c1-7-5-12(6-8(2)14-7)9-3-11-4-10(9)13/h7-11,13H,3-6H2,1-2H3/t7?,8?,9-,10-/m1/s1. The first kappa shape index (κ1) is 10.4. The molecule has 4 heteroatoms. The Morgan fingerprint density at radius 1 is 1.21 bits per heavy atom. The van der Waals surface area contributed by atoms with Crippen LogP contribution in [0.4, 0.5) is 0 Å². The molecule has 2 rings (SSSR count). The highest BCUT2D eigenvalue weighted by Gasteiger charge is 2.34. The van der Waals surface area contributed by atoms with E-state index >= 15 is 0 Å². The van der Waals surface area contributed by atoms with E-state index in [4.69, 9.17) is 4.74 Å². The van der Waals surface area contributed by atoms with Crippen molar-refractivity contribution < 1.29 is 9.84 Å². The summed E-state index contributed by atoms with van der Waals surface area (Å²) in [5.41, 5.74) is 0. The third-order valence-electron chi connectivity index (χ3n) is 3.07. The van der Waals surface area contributed by atoms with E-state index in [2.05, 4.69) is 24.1 Å². The minimum atomic E-state index is -0.215. The molecule has 0 bridgehead atoms. The molecule has 2 fully saturated rings. The summed E-state index contributed by atoms with van der Waals surface area (Å²) in [5, 5.41) is 13.0. The Morgan fingerprint density at radius 2 is 1.86 bits per heavy atom.